The number of carbonyl (C=O) groups excluding carboxylic acids is 1. The zero-order valence-electron chi connectivity index (χ0n) is 10.3. The van der Waals surface area contributed by atoms with Crippen LogP contribution < -0.4 is 4.74 Å². The van der Waals surface area contributed by atoms with E-state index in [0.717, 1.165) is 5.56 Å². The van der Waals surface area contributed by atoms with Crippen molar-refractivity contribution in [2.24, 2.45) is 0 Å². The molecule has 1 aromatic carbocycles. The van der Waals surface area contributed by atoms with Crippen molar-refractivity contribution < 1.29 is 14.3 Å². The van der Waals surface area contributed by atoms with Crippen molar-refractivity contribution in [3.63, 3.8) is 0 Å². The molecule has 0 amide bonds. The van der Waals surface area contributed by atoms with Crippen molar-refractivity contribution in [2.75, 3.05) is 7.11 Å². The maximum atomic E-state index is 11.3. The van der Waals surface area contributed by atoms with E-state index in [1.807, 2.05) is 12.1 Å². The van der Waals surface area contributed by atoms with E-state index >= 15 is 0 Å². The third-order valence-electron chi connectivity index (χ3n) is 2.45. The predicted octanol–water partition coefficient (Wildman–Crippen LogP) is 3.10. The van der Waals surface area contributed by atoms with Crippen molar-refractivity contribution in [2.45, 2.75) is 6.61 Å². The van der Waals surface area contributed by atoms with Crippen LogP contribution >= 0.6 is 11.6 Å². The Morgan fingerprint density at radius 2 is 2.11 bits per heavy atom. The minimum Gasteiger partial charge on any atom is -0.487 e. The van der Waals surface area contributed by atoms with Crippen LogP contribution in [0.4, 0.5) is 0 Å². The van der Waals surface area contributed by atoms with Gasteiger partial charge in [-0.2, -0.15) is 0 Å². The standard InChI is InChI=1S/C14H12ClNO3/c1-18-14(17)12-8-10(6-7-16-12)9-19-13-5-3-2-4-11(13)15/h2-8H,9H2,1H3. The quantitative estimate of drug-likeness (QED) is 0.806. The highest BCUT2D eigenvalue weighted by Crippen LogP contribution is 2.24. The van der Waals surface area contributed by atoms with Crippen LogP contribution in [0.1, 0.15) is 16.1 Å². The molecule has 0 N–H and O–H groups in total. The van der Waals surface area contributed by atoms with Crippen LogP contribution in [0.2, 0.25) is 5.02 Å². The van der Waals surface area contributed by atoms with Gasteiger partial charge in [0.05, 0.1) is 12.1 Å². The summed E-state index contributed by atoms with van der Waals surface area (Å²) in [5.74, 6) is 0.125. The molecule has 0 saturated carbocycles. The fourth-order valence-corrected chi connectivity index (χ4v) is 1.69. The van der Waals surface area contributed by atoms with E-state index < -0.39 is 5.97 Å². The number of esters is 1. The Bertz CT molecular complexity index is 586. The molecule has 0 spiro atoms. The number of aromatic nitrogens is 1. The maximum absolute atomic E-state index is 11.3. The zero-order chi connectivity index (χ0) is 13.7. The number of ether oxygens (including phenoxy) is 2. The van der Waals surface area contributed by atoms with E-state index in [2.05, 4.69) is 9.72 Å². The van der Waals surface area contributed by atoms with Gasteiger partial charge in [0.15, 0.2) is 0 Å². The molecule has 0 fully saturated rings. The number of pyridine rings is 1. The summed E-state index contributed by atoms with van der Waals surface area (Å²) in [6, 6.07) is 10.6. The van der Waals surface area contributed by atoms with Crippen molar-refractivity contribution in [1.82, 2.24) is 4.98 Å². The molecule has 98 valence electrons. The molecule has 1 aromatic heterocycles. The Kier molecular flexibility index (Phi) is 4.36. The molecule has 5 heteroatoms. The third kappa shape index (κ3) is 3.45. The predicted molar refractivity (Wildman–Crippen MR) is 71.4 cm³/mol. The number of methoxy groups -OCH3 is 1. The van der Waals surface area contributed by atoms with Crippen LogP contribution in [-0.2, 0) is 11.3 Å². The second-order valence-corrected chi connectivity index (χ2v) is 4.17. The Hall–Kier alpha value is -2.07. The fourth-order valence-electron chi connectivity index (χ4n) is 1.50. The van der Waals surface area contributed by atoms with Gasteiger partial charge in [-0.15, -0.1) is 0 Å². The van der Waals surface area contributed by atoms with E-state index in [9.17, 15) is 4.79 Å². The highest BCUT2D eigenvalue weighted by Gasteiger charge is 2.08. The number of halogens is 1. The molecule has 0 atom stereocenters. The number of para-hydroxylation sites is 1. The summed E-state index contributed by atoms with van der Waals surface area (Å²) in [7, 11) is 1.32. The van der Waals surface area contributed by atoms with Gasteiger partial charge in [-0.1, -0.05) is 23.7 Å². The molecular weight excluding hydrogens is 266 g/mol. The van der Waals surface area contributed by atoms with Gasteiger partial charge >= 0.3 is 5.97 Å². The average molecular weight is 278 g/mol. The van der Waals surface area contributed by atoms with Gasteiger partial charge in [0, 0.05) is 6.20 Å². The van der Waals surface area contributed by atoms with Crippen molar-refractivity contribution in [1.29, 1.82) is 0 Å². The molecule has 4 nitrogen and oxygen atoms in total. The molecule has 0 aliphatic rings. The highest BCUT2D eigenvalue weighted by atomic mass is 35.5. The molecule has 1 heterocycles. The first-order valence-electron chi connectivity index (χ1n) is 5.61. The van der Waals surface area contributed by atoms with E-state index in [1.165, 1.54) is 13.3 Å². The molecule has 0 unspecified atom stereocenters. The molecule has 2 aromatic rings. The topological polar surface area (TPSA) is 48.4 Å². The Balaban J connectivity index is 2.08. The van der Waals surface area contributed by atoms with E-state index in [4.69, 9.17) is 16.3 Å². The van der Waals surface area contributed by atoms with Gasteiger partial charge < -0.3 is 9.47 Å². The van der Waals surface area contributed by atoms with Crippen molar-refractivity contribution in [3.05, 3.63) is 58.9 Å². The van der Waals surface area contributed by atoms with Gasteiger partial charge in [-0.05, 0) is 29.8 Å². The Morgan fingerprint density at radius 3 is 2.84 bits per heavy atom. The lowest BCUT2D eigenvalue weighted by molar-refractivity contribution is 0.0594. The smallest absolute Gasteiger partial charge is 0.356 e. The average Bonchev–Trinajstić information content (AvgIpc) is 2.46. The first-order valence-corrected chi connectivity index (χ1v) is 5.99. The van der Waals surface area contributed by atoms with Gasteiger partial charge in [-0.3, -0.25) is 0 Å². The number of hydrogen-bond acceptors (Lipinski definition) is 4. The molecule has 0 aliphatic carbocycles. The van der Waals surface area contributed by atoms with E-state index in [1.54, 1.807) is 24.3 Å². The molecule has 0 bridgehead atoms. The largest absolute Gasteiger partial charge is 0.487 e. The Morgan fingerprint density at radius 1 is 1.32 bits per heavy atom. The lowest BCUT2D eigenvalue weighted by atomic mass is 10.2. The summed E-state index contributed by atoms with van der Waals surface area (Å²) >= 11 is 5.98. The Labute approximate surface area is 115 Å². The first kappa shape index (κ1) is 13.4. The lowest BCUT2D eigenvalue weighted by Crippen LogP contribution is -2.05. The zero-order valence-corrected chi connectivity index (χ0v) is 11.1. The van der Waals surface area contributed by atoms with Crippen LogP contribution in [0.25, 0.3) is 0 Å². The van der Waals surface area contributed by atoms with Gasteiger partial charge in [0.25, 0.3) is 0 Å². The normalized spacial score (nSPS) is 10.0. The van der Waals surface area contributed by atoms with Crippen LogP contribution in [0.5, 0.6) is 5.75 Å². The first-order chi connectivity index (χ1) is 9.20. The summed E-state index contributed by atoms with van der Waals surface area (Å²) in [6.07, 6.45) is 1.54. The summed E-state index contributed by atoms with van der Waals surface area (Å²) < 4.78 is 10.2. The second kappa shape index (κ2) is 6.20. The SMILES string of the molecule is COC(=O)c1cc(COc2ccccc2Cl)ccn1. The van der Waals surface area contributed by atoms with Crippen LogP contribution in [-0.4, -0.2) is 18.1 Å². The van der Waals surface area contributed by atoms with Crippen LogP contribution in [0.3, 0.4) is 0 Å². The number of rotatable bonds is 4. The van der Waals surface area contributed by atoms with Crippen LogP contribution in [0, 0.1) is 0 Å². The minimum absolute atomic E-state index is 0.253. The van der Waals surface area contributed by atoms with Gasteiger partial charge in [0.2, 0.25) is 0 Å². The summed E-state index contributed by atoms with van der Waals surface area (Å²) in [5.41, 5.74) is 1.07. The highest BCUT2D eigenvalue weighted by molar-refractivity contribution is 6.32. The van der Waals surface area contributed by atoms with Crippen LogP contribution in [0.15, 0.2) is 42.6 Å². The van der Waals surface area contributed by atoms with Crippen molar-refractivity contribution in [3.8, 4) is 5.75 Å². The molecule has 0 aliphatic heterocycles. The van der Waals surface area contributed by atoms with E-state index in [-0.39, 0.29) is 5.69 Å². The molecule has 0 radical (unpaired) electrons. The van der Waals surface area contributed by atoms with Gasteiger partial charge in [0.1, 0.15) is 18.1 Å². The number of nitrogens with zero attached hydrogens (tertiary/aromatic N) is 1. The van der Waals surface area contributed by atoms with Crippen molar-refractivity contribution >= 4 is 17.6 Å². The molecule has 2 rings (SSSR count). The summed E-state index contributed by atoms with van der Waals surface area (Å²) in [4.78, 5) is 15.3. The summed E-state index contributed by atoms with van der Waals surface area (Å²) in [6.45, 7) is 0.302. The third-order valence-corrected chi connectivity index (χ3v) is 2.76. The molecular formula is C14H12ClNO3. The van der Waals surface area contributed by atoms with E-state index in [0.29, 0.717) is 17.4 Å². The lowest BCUT2D eigenvalue weighted by Gasteiger charge is -2.08. The molecule has 19 heavy (non-hydrogen) atoms. The minimum atomic E-state index is -0.473. The summed E-state index contributed by atoms with van der Waals surface area (Å²) in [5, 5.41) is 0.546. The monoisotopic (exact) mass is 277 g/mol. The number of carbonyl (C=O) groups is 1. The number of benzene rings is 1. The fraction of sp³-hybridized carbons (Fsp3) is 0.143. The number of hydrogen-bond donors (Lipinski definition) is 0. The van der Waals surface area contributed by atoms with Gasteiger partial charge in [-0.25, -0.2) is 9.78 Å². The second-order valence-electron chi connectivity index (χ2n) is 3.76. The maximum Gasteiger partial charge on any atom is 0.356 e. The molecule has 0 saturated heterocycles.